The second kappa shape index (κ2) is 3.83. The number of hydrogen-bond donors (Lipinski definition) is 0. The van der Waals surface area contributed by atoms with Gasteiger partial charge in [-0.25, -0.2) is 8.78 Å². The van der Waals surface area contributed by atoms with E-state index >= 15 is 0 Å². The Hall–Kier alpha value is -0.220. The Labute approximate surface area is 58.8 Å². The molecule has 0 aromatic heterocycles. The van der Waals surface area contributed by atoms with E-state index in [-0.39, 0.29) is 6.54 Å². The minimum atomic E-state index is -2.21. The molecule has 60 valence electrons. The first-order valence-corrected chi connectivity index (χ1v) is 3.37. The van der Waals surface area contributed by atoms with E-state index in [2.05, 4.69) is 0 Å². The molecular formula is C6H11F2NO. The molecule has 0 radical (unpaired) electrons. The van der Waals surface area contributed by atoms with Gasteiger partial charge in [0, 0.05) is 13.1 Å². The van der Waals surface area contributed by atoms with Crippen LogP contribution >= 0.6 is 0 Å². The van der Waals surface area contributed by atoms with Crippen molar-refractivity contribution in [1.82, 2.24) is 4.90 Å². The zero-order valence-corrected chi connectivity index (χ0v) is 5.72. The maximum atomic E-state index is 11.7. The molecule has 1 heterocycles. The predicted molar refractivity (Wildman–Crippen MR) is 33.3 cm³/mol. The molecule has 1 aliphatic heterocycles. The van der Waals surface area contributed by atoms with Crippen molar-refractivity contribution < 1.29 is 13.5 Å². The quantitative estimate of drug-likeness (QED) is 0.572. The summed E-state index contributed by atoms with van der Waals surface area (Å²) in [6.45, 7) is 2.36. The Bertz CT molecular complexity index is 93.7. The van der Waals surface area contributed by atoms with E-state index in [1.165, 1.54) is 0 Å². The van der Waals surface area contributed by atoms with Gasteiger partial charge in [0.15, 0.2) is 0 Å². The molecule has 0 aromatic carbocycles. The molecule has 10 heavy (non-hydrogen) atoms. The fourth-order valence-electron chi connectivity index (χ4n) is 0.979. The van der Waals surface area contributed by atoms with E-state index in [4.69, 9.17) is 4.74 Å². The van der Waals surface area contributed by atoms with Gasteiger partial charge in [0.25, 0.3) is 6.43 Å². The van der Waals surface area contributed by atoms with Crippen LogP contribution in [0.5, 0.6) is 0 Å². The topological polar surface area (TPSA) is 12.5 Å². The number of alkyl halides is 2. The van der Waals surface area contributed by atoms with Crippen molar-refractivity contribution in [2.45, 2.75) is 6.43 Å². The molecule has 0 spiro atoms. The monoisotopic (exact) mass is 151 g/mol. The summed E-state index contributed by atoms with van der Waals surface area (Å²) in [6.07, 6.45) is -2.21. The van der Waals surface area contributed by atoms with E-state index < -0.39 is 6.43 Å². The van der Waals surface area contributed by atoms with Gasteiger partial charge in [-0.05, 0) is 0 Å². The van der Waals surface area contributed by atoms with E-state index in [0.29, 0.717) is 26.3 Å². The summed E-state index contributed by atoms with van der Waals surface area (Å²) in [5, 5.41) is 0. The molecular weight excluding hydrogens is 140 g/mol. The number of nitrogens with zero attached hydrogens (tertiary/aromatic N) is 1. The lowest BCUT2D eigenvalue weighted by Crippen LogP contribution is -2.39. The number of morpholine rings is 1. The predicted octanol–water partition coefficient (Wildman–Crippen LogP) is 0.584. The smallest absolute Gasteiger partial charge is 0.251 e. The summed E-state index contributed by atoms with van der Waals surface area (Å²) in [5.74, 6) is 0. The molecule has 0 unspecified atom stereocenters. The number of ether oxygens (including phenoxy) is 1. The zero-order chi connectivity index (χ0) is 7.40. The van der Waals surface area contributed by atoms with Crippen molar-refractivity contribution in [3.05, 3.63) is 0 Å². The lowest BCUT2D eigenvalue weighted by molar-refractivity contribution is 0.00679. The average molecular weight is 151 g/mol. The molecule has 1 aliphatic rings. The minimum absolute atomic E-state index is 0.108. The van der Waals surface area contributed by atoms with E-state index in [0.717, 1.165) is 0 Å². The summed E-state index contributed by atoms with van der Waals surface area (Å²) in [5.41, 5.74) is 0. The van der Waals surface area contributed by atoms with Crippen LogP contribution in [0.4, 0.5) is 8.78 Å². The molecule has 1 saturated heterocycles. The van der Waals surface area contributed by atoms with Gasteiger partial charge in [0.05, 0.1) is 19.8 Å². The molecule has 0 atom stereocenters. The average Bonchev–Trinajstić information content (AvgIpc) is 1.88. The Morgan fingerprint density at radius 1 is 1.30 bits per heavy atom. The van der Waals surface area contributed by atoms with E-state index in [9.17, 15) is 8.78 Å². The van der Waals surface area contributed by atoms with Crippen LogP contribution < -0.4 is 0 Å². The molecule has 0 aliphatic carbocycles. The number of rotatable bonds is 2. The van der Waals surface area contributed by atoms with Crippen molar-refractivity contribution in [2.75, 3.05) is 32.8 Å². The number of hydrogen-bond acceptors (Lipinski definition) is 2. The summed E-state index contributed by atoms with van der Waals surface area (Å²) >= 11 is 0. The highest BCUT2D eigenvalue weighted by Crippen LogP contribution is 2.01. The van der Waals surface area contributed by atoms with Gasteiger partial charge in [-0.3, -0.25) is 4.90 Å². The van der Waals surface area contributed by atoms with Crippen LogP contribution in [0.15, 0.2) is 0 Å². The van der Waals surface area contributed by atoms with Gasteiger partial charge in [-0.15, -0.1) is 0 Å². The third-order valence-electron chi connectivity index (χ3n) is 1.50. The Balaban J connectivity index is 2.13. The standard InChI is InChI=1S/C6H11F2NO/c7-6(8)5-9-1-3-10-4-2-9/h6H,1-5H2. The summed E-state index contributed by atoms with van der Waals surface area (Å²) in [4.78, 5) is 1.72. The van der Waals surface area contributed by atoms with Crippen LogP contribution in [-0.4, -0.2) is 44.2 Å². The van der Waals surface area contributed by atoms with Gasteiger partial charge in [-0.2, -0.15) is 0 Å². The number of halogens is 2. The third-order valence-corrected chi connectivity index (χ3v) is 1.50. The first kappa shape index (κ1) is 7.88. The second-order valence-electron chi connectivity index (χ2n) is 2.30. The van der Waals surface area contributed by atoms with Gasteiger partial charge in [0.2, 0.25) is 0 Å². The summed E-state index contributed by atoms with van der Waals surface area (Å²) in [7, 11) is 0. The van der Waals surface area contributed by atoms with Gasteiger partial charge in [-0.1, -0.05) is 0 Å². The molecule has 0 N–H and O–H groups in total. The fourth-order valence-corrected chi connectivity index (χ4v) is 0.979. The van der Waals surface area contributed by atoms with Crippen LogP contribution in [0.2, 0.25) is 0 Å². The van der Waals surface area contributed by atoms with Gasteiger partial charge < -0.3 is 4.74 Å². The van der Waals surface area contributed by atoms with Crippen LogP contribution in [0.1, 0.15) is 0 Å². The Kier molecular flexibility index (Phi) is 3.02. The summed E-state index contributed by atoms with van der Waals surface area (Å²) < 4.78 is 28.5. The van der Waals surface area contributed by atoms with Crippen LogP contribution in [-0.2, 0) is 4.74 Å². The Morgan fingerprint density at radius 3 is 2.40 bits per heavy atom. The van der Waals surface area contributed by atoms with Gasteiger partial charge in [0.1, 0.15) is 0 Å². The molecule has 2 nitrogen and oxygen atoms in total. The molecule has 1 fully saturated rings. The fraction of sp³-hybridized carbons (Fsp3) is 1.00. The van der Waals surface area contributed by atoms with Crippen LogP contribution in [0.3, 0.4) is 0 Å². The third kappa shape index (κ3) is 2.58. The lowest BCUT2D eigenvalue weighted by atomic mass is 10.4. The van der Waals surface area contributed by atoms with Crippen molar-refractivity contribution in [3.63, 3.8) is 0 Å². The summed E-state index contributed by atoms with van der Waals surface area (Å²) in [6, 6.07) is 0. The van der Waals surface area contributed by atoms with E-state index in [1.807, 2.05) is 0 Å². The van der Waals surface area contributed by atoms with E-state index in [1.54, 1.807) is 4.90 Å². The molecule has 0 bridgehead atoms. The highest BCUT2D eigenvalue weighted by atomic mass is 19.3. The first-order valence-electron chi connectivity index (χ1n) is 3.37. The minimum Gasteiger partial charge on any atom is -0.379 e. The second-order valence-corrected chi connectivity index (χ2v) is 2.30. The van der Waals surface area contributed by atoms with Crippen molar-refractivity contribution in [1.29, 1.82) is 0 Å². The highest BCUT2D eigenvalue weighted by molar-refractivity contribution is 4.61. The SMILES string of the molecule is FC(F)CN1CCOCC1. The van der Waals surface area contributed by atoms with Crippen molar-refractivity contribution in [3.8, 4) is 0 Å². The zero-order valence-electron chi connectivity index (χ0n) is 5.72. The highest BCUT2D eigenvalue weighted by Gasteiger charge is 2.14. The van der Waals surface area contributed by atoms with Crippen molar-refractivity contribution in [2.24, 2.45) is 0 Å². The van der Waals surface area contributed by atoms with Crippen LogP contribution in [0, 0.1) is 0 Å². The van der Waals surface area contributed by atoms with Gasteiger partial charge >= 0.3 is 0 Å². The van der Waals surface area contributed by atoms with Crippen LogP contribution in [0.25, 0.3) is 0 Å². The van der Waals surface area contributed by atoms with Crippen molar-refractivity contribution >= 4 is 0 Å². The molecule has 0 aromatic rings. The molecule has 1 rings (SSSR count). The maximum absolute atomic E-state index is 11.7. The normalized spacial score (nSPS) is 21.9. The molecule has 4 heteroatoms. The molecule has 0 amide bonds. The lowest BCUT2D eigenvalue weighted by Gasteiger charge is -2.25. The first-order chi connectivity index (χ1) is 4.79. The maximum Gasteiger partial charge on any atom is 0.251 e. The largest absolute Gasteiger partial charge is 0.379 e. The Morgan fingerprint density at radius 2 is 1.90 bits per heavy atom. The molecule has 0 saturated carbocycles.